The smallest absolute Gasteiger partial charge is 0.129 e. The quantitative estimate of drug-likeness (QED) is 0.581. The Kier molecular flexibility index (Phi) is 3.26. The summed E-state index contributed by atoms with van der Waals surface area (Å²) in [5.41, 5.74) is 0.515. The molecule has 0 unspecified atom stereocenters. The third-order valence-electron chi connectivity index (χ3n) is 1.25. The lowest BCUT2D eigenvalue weighted by Crippen LogP contribution is -2.18. The van der Waals surface area contributed by atoms with Crippen LogP contribution in [-0.2, 0) is 0 Å². The van der Waals surface area contributed by atoms with Gasteiger partial charge in [-0.15, -0.1) is 0 Å². The van der Waals surface area contributed by atoms with Gasteiger partial charge in [-0.1, -0.05) is 35.4 Å². The monoisotopic (exact) mass is 220 g/mol. The van der Waals surface area contributed by atoms with E-state index in [1.165, 1.54) is 0 Å². The van der Waals surface area contributed by atoms with Crippen LogP contribution in [0.15, 0.2) is 12.1 Å². The van der Waals surface area contributed by atoms with Crippen molar-refractivity contribution >= 4 is 40.4 Å². The Morgan fingerprint density at radius 2 is 2.17 bits per heavy atom. The number of rotatable bonds is 1. The zero-order valence-corrected chi connectivity index (χ0v) is 8.59. The second-order valence-electron chi connectivity index (χ2n) is 2.04. The fourth-order valence-electron chi connectivity index (χ4n) is 0.696. The van der Waals surface area contributed by atoms with Gasteiger partial charge in [-0.2, -0.15) is 0 Å². The Morgan fingerprint density at radius 1 is 1.50 bits per heavy atom. The van der Waals surface area contributed by atoms with Gasteiger partial charge in [0.05, 0.1) is 5.02 Å². The van der Waals surface area contributed by atoms with Gasteiger partial charge in [0, 0.05) is 7.05 Å². The van der Waals surface area contributed by atoms with E-state index < -0.39 is 0 Å². The van der Waals surface area contributed by atoms with Gasteiger partial charge < -0.3 is 5.32 Å². The first-order valence-corrected chi connectivity index (χ1v) is 4.35. The van der Waals surface area contributed by atoms with Crippen molar-refractivity contribution in [1.82, 2.24) is 10.3 Å². The number of aromatic nitrogens is 1. The van der Waals surface area contributed by atoms with Gasteiger partial charge in [0.2, 0.25) is 0 Å². The third kappa shape index (κ3) is 2.06. The van der Waals surface area contributed by atoms with Crippen molar-refractivity contribution in [3.8, 4) is 0 Å². The average Bonchev–Trinajstić information content (AvgIpc) is 2.08. The third-order valence-corrected chi connectivity index (χ3v) is 2.17. The van der Waals surface area contributed by atoms with Crippen LogP contribution in [0, 0.1) is 0 Å². The SMILES string of the molecule is CNC(=S)c1nc(Cl)ccc1Cl. The molecule has 0 fully saturated rings. The molecule has 64 valence electrons. The minimum atomic E-state index is 0.381. The van der Waals surface area contributed by atoms with Crippen LogP contribution >= 0.6 is 35.4 Å². The molecular weight excluding hydrogens is 215 g/mol. The number of nitrogens with zero attached hydrogens (tertiary/aromatic N) is 1. The van der Waals surface area contributed by atoms with Crippen LogP contribution in [0.2, 0.25) is 10.2 Å². The molecule has 0 aliphatic heterocycles. The summed E-state index contributed by atoms with van der Waals surface area (Å²) in [7, 11) is 1.71. The van der Waals surface area contributed by atoms with E-state index in [4.69, 9.17) is 35.4 Å². The molecule has 5 heteroatoms. The Morgan fingerprint density at radius 3 is 2.75 bits per heavy atom. The lowest BCUT2D eigenvalue weighted by molar-refractivity contribution is 1.17. The molecule has 0 bridgehead atoms. The van der Waals surface area contributed by atoms with Crippen molar-refractivity contribution in [3.05, 3.63) is 28.0 Å². The Hall–Kier alpha value is -0.380. The summed E-state index contributed by atoms with van der Waals surface area (Å²) in [5, 5.41) is 3.66. The maximum atomic E-state index is 5.82. The highest BCUT2D eigenvalue weighted by Crippen LogP contribution is 2.16. The molecule has 1 heterocycles. The van der Waals surface area contributed by atoms with E-state index in [-0.39, 0.29) is 0 Å². The summed E-state index contributed by atoms with van der Waals surface area (Å²) in [5.74, 6) is 0. The maximum absolute atomic E-state index is 5.82. The topological polar surface area (TPSA) is 24.9 Å². The van der Waals surface area contributed by atoms with E-state index in [0.29, 0.717) is 20.9 Å². The number of halogens is 2. The number of thiocarbonyl (C=S) groups is 1. The van der Waals surface area contributed by atoms with Crippen LogP contribution in [0.1, 0.15) is 5.69 Å². The fourth-order valence-corrected chi connectivity index (χ4v) is 1.25. The zero-order chi connectivity index (χ0) is 9.14. The van der Waals surface area contributed by atoms with Gasteiger partial charge in [0.1, 0.15) is 15.8 Å². The molecule has 0 aliphatic carbocycles. The van der Waals surface area contributed by atoms with Crippen LogP contribution < -0.4 is 5.32 Å². The van der Waals surface area contributed by atoms with Gasteiger partial charge >= 0.3 is 0 Å². The Balaban J connectivity index is 3.13. The number of nitrogens with one attached hydrogen (secondary N) is 1. The first-order chi connectivity index (χ1) is 5.65. The summed E-state index contributed by atoms with van der Waals surface area (Å²) in [4.78, 5) is 4.46. The molecular formula is C7H6Cl2N2S. The van der Waals surface area contributed by atoms with Crippen molar-refractivity contribution in [3.63, 3.8) is 0 Å². The zero-order valence-electron chi connectivity index (χ0n) is 6.27. The minimum Gasteiger partial charge on any atom is -0.378 e. The fraction of sp³-hybridized carbons (Fsp3) is 0.143. The first-order valence-electron chi connectivity index (χ1n) is 3.19. The normalized spacial score (nSPS) is 9.58. The lowest BCUT2D eigenvalue weighted by Gasteiger charge is -2.03. The van der Waals surface area contributed by atoms with Crippen LogP contribution in [-0.4, -0.2) is 17.0 Å². The highest BCUT2D eigenvalue weighted by molar-refractivity contribution is 7.80. The molecule has 0 aromatic carbocycles. The number of pyridine rings is 1. The molecule has 0 saturated carbocycles. The highest BCUT2D eigenvalue weighted by Gasteiger charge is 2.06. The average molecular weight is 221 g/mol. The first kappa shape index (κ1) is 9.71. The second kappa shape index (κ2) is 4.03. The summed E-state index contributed by atoms with van der Waals surface area (Å²) < 4.78 is 0. The molecule has 1 N–H and O–H groups in total. The van der Waals surface area contributed by atoms with Gasteiger partial charge in [-0.3, -0.25) is 0 Å². The van der Waals surface area contributed by atoms with Crippen LogP contribution in [0.3, 0.4) is 0 Å². The summed E-state index contributed by atoms with van der Waals surface area (Å²) in [6, 6.07) is 3.28. The largest absolute Gasteiger partial charge is 0.378 e. The second-order valence-corrected chi connectivity index (χ2v) is 3.25. The van der Waals surface area contributed by atoms with Crippen molar-refractivity contribution in [2.45, 2.75) is 0 Å². The standard InChI is InChI=1S/C7H6Cl2N2S/c1-10-7(12)6-4(8)2-3-5(9)11-6/h2-3H,1H3,(H,10,12). The van der Waals surface area contributed by atoms with E-state index in [9.17, 15) is 0 Å². The van der Waals surface area contributed by atoms with E-state index in [0.717, 1.165) is 0 Å². The van der Waals surface area contributed by atoms with E-state index >= 15 is 0 Å². The van der Waals surface area contributed by atoms with Crippen LogP contribution in [0.25, 0.3) is 0 Å². The molecule has 0 saturated heterocycles. The van der Waals surface area contributed by atoms with Crippen molar-refractivity contribution in [1.29, 1.82) is 0 Å². The Labute approximate surface area is 85.9 Å². The molecule has 1 rings (SSSR count). The predicted octanol–water partition coefficient (Wildman–Crippen LogP) is 2.28. The van der Waals surface area contributed by atoms with Gasteiger partial charge in [0.25, 0.3) is 0 Å². The van der Waals surface area contributed by atoms with Crippen LogP contribution in [0.4, 0.5) is 0 Å². The van der Waals surface area contributed by atoms with Gasteiger partial charge in [-0.05, 0) is 12.1 Å². The summed E-state index contributed by atoms with van der Waals surface area (Å²) in [6.07, 6.45) is 0. The summed E-state index contributed by atoms with van der Waals surface area (Å²) >= 11 is 16.4. The van der Waals surface area contributed by atoms with E-state index in [1.807, 2.05) is 0 Å². The molecule has 2 nitrogen and oxygen atoms in total. The molecule has 12 heavy (non-hydrogen) atoms. The van der Waals surface area contributed by atoms with Gasteiger partial charge in [-0.25, -0.2) is 4.98 Å². The highest BCUT2D eigenvalue weighted by atomic mass is 35.5. The lowest BCUT2D eigenvalue weighted by atomic mass is 10.3. The van der Waals surface area contributed by atoms with E-state index in [1.54, 1.807) is 19.2 Å². The molecule has 1 aromatic heterocycles. The summed E-state index contributed by atoms with van der Waals surface area (Å²) in [6.45, 7) is 0. The number of hydrogen-bond acceptors (Lipinski definition) is 2. The molecule has 0 amide bonds. The van der Waals surface area contributed by atoms with Crippen molar-refractivity contribution in [2.24, 2.45) is 0 Å². The molecule has 1 aromatic rings. The molecule has 0 atom stereocenters. The van der Waals surface area contributed by atoms with Crippen molar-refractivity contribution in [2.75, 3.05) is 7.05 Å². The molecule has 0 spiro atoms. The minimum absolute atomic E-state index is 0.381. The number of hydrogen-bond donors (Lipinski definition) is 1. The molecule has 0 radical (unpaired) electrons. The Bertz CT molecular complexity index is 314. The maximum Gasteiger partial charge on any atom is 0.129 e. The van der Waals surface area contributed by atoms with Crippen LogP contribution in [0.5, 0.6) is 0 Å². The van der Waals surface area contributed by atoms with Gasteiger partial charge in [0.15, 0.2) is 0 Å². The predicted molar refractivity (Wildman–Crippen MR) is 55.0 cm³/mol. The van der Waals surface area contributed by atoms with E-state index in [2.05, 4.69) is 10.3 Å². The van der Waals surface area contributed by atoms with Crippen molar-refractivity contribution < 1.29 is 0 Å². The molecule has 0 aliphatic rings.